The normalized spacial score (nSPS) is 19.3. The molecule has 6 nitrogen and oxygen atoms in total. The van der Waals surface area contributed by atoms with E-state index in [-0.39, 0.29) is 5.91 Å². The van der Waals surface area contributed by atoms with Crippen molar-refractivity contribution in [2.75, 3.05) is 26.2 Å². The first-order valence-corrected chi connectivity index (χ1v) is 6.90. The van der Waals surface area contributed by atoms with Crippen LogP contribution in [0.1, 0.15) is 33.6 Å². The van der Waals surface area contributed by atoms with E-state index < -0.39 is 17.6 Å². The number of carbonyl (C=O) groups is 2. The Hall–Kier alpha value is -1.14. The molecule has 1 saturated heterocycles. The lowest BCUT2D eigenvalue weighted by atomic mass is 9.92. The molecule has 1 rings (SSSR count). The first-order chi connectivity index (χ1) is 8.85. The van der Waals surface area contributed by atoms with E-state index in [1.54, 1.807) is 11.8 Å². The minimum Gasteiger partial charge on any atom is -0.480 e. The fourth-order valence-electron chi connectivity index (χ4n) is 2.34. The van der Waals surface area contributed by atoms with Crippen LogP contribution < -0.4 is 5.73 Å². The molecule has 0 aromatic heterocycles. The summed E-state index contributed by atoms with van der Waals surface area (Å²) in [4.78, 5) is 26.9. The molecule has 0 aliphatic carbocycles. The lowest BCUT2D eigenvalue weighted by molar-refractivity contribution is -0.145. The summed E-state index contributed by atoms with van der Waals surface area (Å²) in [5.74, 6) is -0.838. The standard InChI is InChI=1S/C13H25N3O3/c1-4-13(14,5-2)12(19)16-8-6-15(7-9-16)10(3)11(17)18/h10H,4-9,14H2,1-3H3,(H,17,18). The molecule has 1 fully saturated rings. The van der Waals surface area contributed by atoms with Gasteiger partial charge in [0.1, 0.15) is 6.04 Å². The number of aliphatic carboxylic acids is 1. The van der Waals surface area contributed by atoms with Gasteiger partial charge in [0.25, 0.3) is 0 Å². The highest BCUT2D eigenvalue weighted by atomic mass is 16.4. The largest absolute Gasteiger partial charge is 0.480 e. The van der Waals surface area contributed by atoms with Crippen molar-refractivity contribution in [3.63, 3.8) is 0 Å². The van der Waals surface area contributed by atoms with Crippen molar-refractivity contribution in [1.82, 2.24) is 9.80 Å². The molecular formula is C13H25N3O3. The van der Waals surface area contributed by atoms with Crippen LogP contribution in [0.25, 0.3) is 0 Å². The smallest absolute Gasteiger partial charge is 0.320 e. The summed E-state index contributed by atoms with van der Waals surface area (Å²) in [6.07, 6.45) is 1.24. The predicted octanol–water partition coefficient (Wildman–Crippen LogP) is 0.121. The van der Waals surface area contributed by atoms with E-state index in [2.05, 4.69) is 0 Å². The minimum atomic E-state index is -0.824. The molecule has 0 radical (unpaired) electrons. The van der Waals surface area contributed by atoms with Crippen molar-refractivity contribution in [3.8, 4) is 0 Å². The topological polar surface area (TPSA) is 86.9 Å². The molecule has 0 aromatic carbocycles. The number of rotatable bonds is 5. The average molecular weight is 271 g/mol. The van der Waals surface area contributed by atoms with Crippen LogP contribution in [0.2, 0.25) is 0 Å². The molecule has 110 valence electrons. The van der Waals surface area contributed by atoms with Gasteiger partial charge >= 0.3 is 5.97 Å². The molecule has 0 aromatic rings. The number of carboxylic acid groups (broad SMARTS) is 1. The van der Waals surface area contributed by atoms with Gasteiger partial charge in [0.15, 0.2) is 0 Å². The van der Waals surface area contributed by atoms with Crippen molar-refractivity contribution in [2.45, 2.75) is 45.2 Å². The fourth-order valence-corrected chi connectivity index (χ4v) is 2.34. The van der Waals surface area contributed by atoms with Gasteiger partial charge in [-0.3, -0.25) is 14.5 Å². The van der Waals surface area contributed by atoms with Gasteiger partial charge in [0.05, 0.1) is 5.54 Å². The molecule has 1 amide bonds. The molecule has 1 unspecified atom stereocenters. The zero-order valence-corrected chi connectivity index (χ0v) is 12.1. The van der Waals surface area contributed by atoms with Gasteiger partial charge in [0, 0.05) is 26.2 Å². The predicted molar refractivity (Wildman–Crippen MR) is 72.8 cm³/mol. The summed E-state index contributed by atoms with van der Waals surface area (Å²) < 4.78 is 0. The fraction of sp³-hybridized carbons (Fsp3) is 0.846. The first kappa shape index (κ1) is 15.9. The second-order valence-electron chi connectivity index (χ2n) is 5.21. The Labute approximate surface area is 114 Å². The Morgan fingerprint density at radius 1 is 1.21 bits per heavy atom. The second kappa shape index (κ2) is 6.34. The quantitative estimate of drug-likeness (QED) is 0.741. The highest BCUT2D eigenvalue weighted by Crippen LogP contribution is 2.17. The average Bonchev–Trinajstić information content (AvgIpc) is 2.44. The van der Waals surface area contributed by atoms with Crippen LogP contribution in [0, 0.1) is 0 Å². The Bertz CT molecular complexity index is 334. The van der Waals surface area contributed by atoms with Crippen LogP contribution in [-0.4, -0.2) is 64.5 Å². The molecule has 6 heteroatoms. The van der Waals surface area contributed by atoms with E-state index in [1.165, 1.54) is 0 Å². The number of hydrogen-bond acceptors (Lipinski definition) is 4. The molecule has 1 aliphatic heterocycles. The van der Waals surface area contributed by atoms with Gasteiger partial charge in [-0.05, 0) is 19.8 Å². The van der Waals surface area contributed by atoms with Crippen LogP contribution in [0.3, 0.4) is 0 Å². The van der Waals surface area contributed by atoms with Gasteiger partial charge in [-0.15, -0.1) is 0 Å². The zero-order valence-electron chi connectivity index (χ0n) is 12.1. The molecule has 0 spiro atoms. The molecule has 19 heavy (non-hydrogen) atoms. The number of piperazine rings is 1. The summed E-state index contributed by atoms with van der Waals surface area (Å²) in [5, 5.41) is 8.97. The van der Waals surface area contributed by atoms with Gasteiger partial charge in [-0.25, -0.2) is 0 Å². The van der Waals surface area contributed by atoms with Crippen LogP contribution >= 0.6 is 0 Å². The van der Waals surface area contributed by atoms with Crippen molar-refractivity contribution in [1.29, 1.82) is 0 Å². The van der Waals surface area contributed by atoms with Crippen LogP contribution in [-0.2, 0) is 9.59 Å². The third kappa shape index (κ3) is 3.45. The molecule has 1 aliphatic rings. The van der Waals surface area contributed by atoms with Crippen molar-refractivity contribution >= 4 is 11.9 Å². The number of carbonyl (C=O) groups excluding carboxylic acids is 1. The van der Waals surface area contributed by atoms with Crippen LogP contribution in [0.15, 0.2) is 0 Å². The van der Waals surface area contributed by atoms with Crippen molar-refractivity contribution in [2.24, 2.45) is 5.73 Å². The van der Waals surface area contributed by atoms with Gasteiger partial charge in [-0.1, -0.05) is 13.8 Å². The van der Waals surface area contributed by atoms with Crippen LogP contribution in [0.4, 0.5) is 0 Å². The van der Waals surface area contributed by atoms with Gasteiger partial charge in [-0.2, -0.15) is 0 Å². The maximum Gasteiger partial charge on any atom is 0.320 e. The molecule has 1 heterocycles. The molecule has 3 N–H and O–H groups in total. The Kier molecular flexibility index (Phi) is 5.31. The number of amides is 1. The molecular weight excluding hydrogens is 246 g/mol. The molecule has 0 bridgehead atoms. The Morgan fingerprint density at radius 2 is 1.68 bits per heavy atom. The number of hydrogen-bond donors (Lipinski definition) is 2. The maximum atomic E-state index is 12.4. The Balaban J connectivity index is 2.59. The highest BCUT2D eigenvalue weighted by Gasteiger charge is 2.36. The molecule has 0 saturated carbocycles. The van der Waals surface area contributed by atoms with E-state index in [1.807, 2.05) is 18.7 Å². The lowest BCUT2D eigenvalue weighted by Gasteiger charge is -2.40. The van der Waals surface area contributed by atoms with Crippen LogP contribution in [0.5, 0.6) is 0 Å². The number of nitrogens with zero attached hydrogens (tertiary/aromatic N) is 2. The second-order valence-corrected chi connectivity index (χ2v) is 5.21. The summed E-state index contributed by atoms with van der Waals surface area (Å²) in [5.41, 5.74) is 5.34. The summed E-state index contributed by atoms with van der Waals surface area (Å²) in [6, 6.07) is -0.503. The highest BCUT2D eigenvalue weighted by molar-refractivity contribution is 5.86. The zero-order chi connectivity index (χ0) is 14.6. The van der Waals surface area contributed by atoms with E-state index in [0.29, 0.717) is 39.0 Å². The summed E-state index contributed by atoms with van der Waals surface area (Å²) in [6.45, 7) is 7.79. The Morgan fingerprint density at radius 3 is 2.05 bits per heavy atom. The molecule has 1 atom stereocenters. The van der Waals surface area contributed by atoms with Gasteiger partial charge < -0.3 is 15.7 Å². The monoisotopic (exact) mass is 271 g/mol. The third-order valence-corrected chi connectivity index (χ3v) is 4.19. The number of carboxylic acids is 1. The summed E-state index contributed by atoms with van der Waals surface area (Å²) in [7, 11) is 0. The first-order valence-electron chi connectivity index (χ1n) is 6.90. The van der Waals surface area contributed by atoms with E-state index in [0.717, 1.165) is 0 Å². The van der Waals surface area contributed by atoms with E-state index in [9.17, 15) is 9.59 Å². The maximum absolute atomic E-state index is 12.4. The van der Waals surface area contributed by atoms with Crippen molar-refractivity contribution in [3.05, 3.63) is 0 Å². The SMILES string of the molecule is CCC(N)(CC)C(=O)N1CCN(C(C)C(=O)O)CC1. The number of nitrogens with two attached hydrogens (primary N) is 1. The summed E-state index contributed by atoms with van der Waals surface area (Å²) >= 11 is 0. The lowest BCUT2D eigenvalue weighted by Crippen LogP contribution is -2.60. The van der Waals surface area contributed by atoms with E-state index in [4.69, 9.17) is 10.8 Å². The minimum absolute atomic E-state index is 0.0138. The van der Waals surface area contributed by atoms with Gasteiger partial charge in [0.2, 0.25) is 5.91 Å². The third-order valence-electron chi connectivity index (χ3n) is 4.19. The van der Waals surface area contributed by atoms with Crippen molar-refractivity contribution < 1.29 is 14.7 Å². The van der Waals surface area contributed by atoms with E-state index >= 15 is 0 Å².